The lowest BCUT2D eigenvalue weighted by Crippen LogP contribution is -2.42. The molecule has 2 aliphatic rings. The van der Waals surface area contributed by atoms with Crippen LogP contribution in [0.25, 0.3) is 0 Å². The topological polar surface area (TPSA) is 40.6 Å². The molecule has 0 radical (unpaired) electrons. The van der Waals surface area contributed by atoms with Crippen LogP contribution in [-0.2, 0) is 9.59 Å². The van der Waals surface area contributed by atoms with Gasteiger partial charge in [0.05, 0.1) is 5.92 Å². The Labute approximate surface area is 139 Å². The number of terminal acetylenes is 1. The second kappa shape index (κ2) is 6.60. The molecule has 1 aromatic carbocycles. The Morgan fingerprint density at radius 2 is 1.92 bits per heavy atom. The molecule has 2 saturated heterocycles. The number of amides is 2. The summed E-state index contributed by atoms with van der Waals surface area (Å²) >= 11 is 0. The third-order valence-electron chi connectivity index (χ3n) is 4.73. The molecule has 126 valence electrons. The maximum absolute atomic E-state index is 13.4. The Kier molecular flexibility index (Phi) is 4.52. The first-order valence-electron chi connectivity index (χ1n) is 8.00. The summed E-state index contributed by atoms with van der Waals surface area (Å²) in [5.74, 6) is 0.178. The average molecular weight is 332 g/mol. The van der Waals surface area contributed by atoms with Gasteiger partial charge in [-0.15, -0.1) is 12.3 Å². The van der Waals surface area contributed by atoms with E-state index >= 15 is 0 Å². The van der Waals surface area contributed by atoms with Crippen LogP contribution in [0.5, 0.6) is 0 Å². The van der Waals surface area contributed by atoms with Crippen LogP contribution >= 0.6 is 0 Å². The van der Waals surface area contributed by atoms with Gasteiger partial charge in [-0.1, -0.05) is 0 Å². The monoisotopic (exact) mass is 332 g/mol. The lowest BCUT2D eigenvalue weighted by Gasteiger charge is -2.31. The molecular weight excluding hydrogens is 314 g/mol. The number of carbonyl (C=O) groups is 2. The lowest BCUT2D eigenvalue weighted by molar-refractivity contribution is -0.136. The first kappa shape index (κ1) is 16.4. The van der Waals surface area contributed by atoms with Crippen molar-refractivity contribution in [3.63, 3.8) is 0 Å². The molecule has 24 heavy (non-hydrogen) atoms. The molecule has 0 aliphatic carbocycles. The minimum absolute atomic E-state index is 0.0658. The van der Waals surface area contributed by atoms with Crippen LogP contribution in [-0.4, -0.2) is 36.3 Å². The molecule has 1 atom stereocenters. The van der Waals surface area contributed by atoms with Gasteiger partial charge in [-0.3, -0.25) is 9.59 Å². The molecule has 3 rings (SSSR count). The van der Waals surface area contributed by atoms with E-state index < -0.39 is 17.6 Å². The van der Waals surface area contributed by atoms with Gasteiger partial charge < -0.3 is 9.80 Å². The number of nitrogens with zero attached hydrogens (tertiary/aromatic N) is 2. The number of likely N-dealkylation sites (tertiary alicyclic amines) is 1. The molecule has 4 nitrogen and oxygen atoms in total. The Morgan fingerprint density at radius 1 is 1.21 bits per heavy atom. The second-order valence-corrected chi connectivity index (χ2v) is 6.27. The Hall–Kier alpha value is -2.42. The quantitative estimate of drug-likeness (QED) is 0.779. The van der Waals surface area contributed by atoms with Gasteiger partial charge in [0.2, 0.25) is 11.8 Å². The van der Waals surface area contributed by atoms with E-state index in [9.17, 15) is 18.4 Å². The van der Waals surface area contributed by atoms with Gasteiger partial charge in [0.15, 0.2) is 11.6 Å². The first-order valence-corrected chi connectivity index (χ1v) is 8.00. The average Bonchev–Trinajstić information content (AvgIpc) is 2.98. The first-order chi connectivity index (χ1) is 11.5. The van der Waals surface area contributed by atoms with E-state index in [1.54, 1.807) is 4.90 Å². The molecule has 1 aromatic rings. The van der Waals surface area contributed by atoms with Crippen LogP contribution in [0, 0.1) is 35.8 Å². The van der Waals surface area contributed by atoms with E-state index in [0.29, 0.717) is 13.1 Å². The molecule has 6 heteroatoms. The van der Waals surface area contributed by atoms with Crippen molar-refractivity contribution in [2.24, 2.45) is 11.8 Å². The van der Waals surface area contributed by atoms with Crippen molar-refractivity contribution in [2.45, 2.75) is 19.3 Å². The highest BCUT2D eigenvalue weighted by atomic mass is 19.2. The van der Waals surface area contributed by atoms with Crippen molar-refractivity contribution in [1.29, 1.82) is 0 Å². The molecule has 0 bridgehead atoms. The number of benzene rings is 1. The highest BCUT2D eigenvalue weighted by molar-refractivity contribution is 6.00. The third-order valence-corrected chi connectivity index (χ3v) is 4.73. The smallest absolute Gasteiger partial charge is 0.228 e. The fourth-order valence-electron chi connectivity index (χ4n) is 3.30. The SMILES string of the molecule is C#CC1CCN(C(=O)[C@@H]2CC(=O)N(c3ccc(F)c(F)c3)C2)CC1. The predicted octanol–water partition coefficient (Wildman–Crippen LogP) is 2.19. The van der Waals surface area contributed by atoms with Crippen LogP contribution in [0.4, 0.5) is 14.5 Å². The van der Waals surface area contributed by atoms with Gasteiger partial charge in [-0.05, 0) is 25.0 Å². The lowest BCUT2D eigenvalue weighted by atomic mass is 9.96. The van der Waals surface area contributed by atoms with Crippen LogP contribution < -0.4 is 4.90 Å². The molecule has 0 saturated carbocycles. The second-order valence-electron chi connectivity index (χ2n) is 6.27. The zero-order valence-corrected chi connectivity index (χ0v) is 13.2. The van der Waals surface area contributed by atoms with Crippen LogP contribution in [0.15, 0.2) is 18.2 Å². The van der Waals surface area contributed by atoms with Gasteiger partial charge in [0.1, 0.15) is 0 Å². The molecule has 0 N–H and O–H groups in total. The zero-order valence-electron chi connectivity index (χ0n) is 13.2. The van der Waals surface area contributed by atoms with Crippen LogP contribution in [0.2, 0.25) is 0 Å². The van der Waals surface area contributed by atoms with Gasteiger partial charge in [0, 0.05) is 43.7 Å². The fraction of sp³-hybridized carbons (Fsp3) is 0.444. The van der Waals surface area contributed by atoms with E-state index in [1.165, 1.54) is 11.0 Å². The fourth-order valence-corrected chi connectivity index (χ4v) is 3.30. The molecular formula is C18H18F2N2O2. The summed E-state index contributed by atoms with van der Waals surface area (Å²) in [5, 5.41) is 0. The normalized spacial score (nSPS) is 21.9. The Bertz CT molecular complexity index is 705. The molecule has 2 heterocycles. The van der Waals surface area contributed by atoms with Crippen molar-refractivity contribution in [2.75, 3.05) is 24.5 Å². The van der Waals surface area contributed by atoms with Crippen molar-refractivity contribution in [1.82, 2.24) is 4.90 Å². The van der Waals surface area contributed by atoms with Crippen LogP contribution in [0.1, 0.15) is 19.3 Å². The van der Waals surface area contributed by atoms with Crippen molar-refractivity contribution in [3.8, 4) is 12.3 Å². The van der Waals surface area contributed by atoms with Gasteiger partial charge >= 0.3 is 0 Å². The highest BCUT2D eigenvalue weighted by Crippen LogP contribution is 2.28. The van der Waals surface area contributed by atoms with E-state index in [2.05, 4.69) is 5.92 Å². The van der Waals surface area contributed by atoms with Crippen molar-refractivity contribution in [3.05, 3.63) is 29.8 Å². The number of anilines is 1. The Morgan fingerprint density at radius 3 is 2.54 bits per heavy atom. The standard InChI is InChI=1S/C18H18F2N2O2/c1-2-12-5-7-21(8-6-12)18(24)13-9-17(23)22(11-13)14-3-4-15(19)16(20)10-14/h1,3-4,10,12-13H,5-9,11H2/t13-/m1/s1. The number of hydrogen-bond donors (Lipinski definition) is 0. The summed E-state index contributed by atoms with van der Waals surface area (Å²) in [6.07, 6.45) is 7.05. The maximum Gasteiger partial charge on any atom is 0.228 e. The summed E-state index contributed by atoms with van der Waals surface area (Å²) in [7, 11) is 0. The minimum Gasteiger partial charge on any atom is -0.342 e. The molecule has 2 amide bonds. The Balaban J connectivity index is 1.67. The zero-order chi connectivity index (χ0) is 17.3. The highest BCUT2D eigenvalue weighted by Gasteiger charge is 2.38. The third kappa shape index (κ3) is 3.12. The van der Waals surface area contributed by atoms with Crippen molar-refractivity contribution >= 4 is 17.5 Å². The molecule has 2 fully saturated rings. The van der Waals surface area contributed by atoms with E-state index in [0.717, 1.165) is 25.0 Å². The van der Waals surface area contributed by atoms with Gasteiger partial charge in [-0.25, -0.2) is 8.78 Å². The van der Waals surface area contributed by atoms with Crippen molar-refractivity contribution < 1.29 is 18.4 Å². The summed E-state index contributed by atoms with van der Waals surface area (Å²) in [4.78, 5) is 27.9. The minimum atomic E-state index is -1.01. The molecule has 2 aliphatic heterocycles. The summed E-state index contributed by atoms with van der Waals surface area (Å²) in [6.45, 7) is 1.39. The number of rotatable bonds is 2. The number of halogens is 2. The predicted molar refractivity (Wildman–Crippen MR) is 85.0 cm³/mol. The number of piperidine rings is 1. The molecule has 0 unspecified atom stereocenters. The van der Waals surface area contributed by atoms with E-state index in [-0.39, 0.29) is 36.4 Å². The van der Waals surface area contributed by atoms with E-state index in [1.807, 2.05) is 0 Å². The summed E-state index contributed by atoms with van der Waals surface area (Å²) in [6, 6.07) is 3.32. The van der Waals surface area contributed by atoms with E-state index in [4.69, 9.17) is 6.42 Å². The number of carbonyl (C=O) groups excluding carboxylic acids is 2. The van der Waals surface area contributed by atoms with Crippen LogP contribution in [0.3, 0.4) is 0 Å². The molecule has 0 spiro atoms. The largest absolute Gasteiger partial charge is 0.342 e. The van der Waals surface area contributed by atoms with Gasteiger partial charge in [0.25, 0.3) is 0 Å². The summed E-state index contributed by atoms with van der Waals surface area (Å²) < 4.78 is 26.4. The molecule has 0 aromatic heterocycles. The maximum atomic E-state index is 13.4. The van der Waals surface area contributed by atoms with Gasteiger partial charge in [-0.2, -0.15) is 0 Å². The summed E-state index contributed by atoms with van der Waals surface area (Å²) in [5.41, 5.74) is 0.278. The number of hydrogen-bond acceptors (Lipinski definition) is 2.